The summed E-state index contributed by atoms with van der Waals surface area (Å²) in [5, 5.41) is 0. The molecule has 0 aromatic heterocycles. The molecule has 2 heteroatoms. The lowest BCUT2D eigenvalue weighted by Gasteiger charge is -2.54. The zero-order valence-corrected chi connectivity index (χ0v) is 13.1. The first-order valence-corrected chi connectivity index (χ1v) is 6.92. The summed E-state index contributed by atoms with van der Waals surface area (Å²) in [4.78, 5) is 2.50. The highest BCUT2D eigenvalue weighted by atomic mass is 16.5. The molecule has 1 fully saturated rings. The first-order valence-electron chi connectivity index (χ1n) is 6.92. The van der Waals surface area contributed by atoms with E-state index in [1.54, 1.807) is 0 Å². The Morgan fingerprint density at radius 3 is 1.88 bits per heavy atom. The molecule has 0 aromatic carbocycles. The van der Waals surface area contributed by atoms with Crippen LogP contribution in [0.4, 0.5) is 0 Å². The highest BCUT2D eigenvalue weighted by Crippen LogP contribution is 2.39. The van der Waals surface area contributed by atoms with E-state index in [0.29, 0.717) is 6.10 Å². The van der Waals surface area contributed by atoms with E-state index >= 15 is 0 Å². The third kappa shape index (κ3) is 3.45. The van der Waals surface area contributed by atoms with Gasteiger partial charge >= 0.3 is 0 Å². The van der Waals surface area contributed by atoms with Crippen LogP contribution < -0.4 is 0 Å². The van der Waals surface area contributed by atoms with Crippen LogP contribution in [0, 0.1) is 0 Å². The normalized spacial score (nSPS) is 26.1. The van der Waals surface area contributed by atoms with Crippen molar-refractivity contribution >= 4 is 0 Å². The van der Waals surface area contributed by atoms with E-state index in [1.165, 1.54) is 0 Å². The summed E-state index contributed by atoms with van der Waals surface area (Å²) >= 11 is 0. The van der Waals surface area contributed by atoms with Crippen molar-refractivity contribution in [3.8, 4) is 0 Å². The van der Waals surface area contributed by atoms with Crippen molar-refractivity contribution < 1.29 is 4.74 Å². The Bertz CT molecular complexity index is 247. The topological polar surface area (TPSA) is 12.5 Å². The Morgan fingerprint density at radius 2 is 1.53 bits per heavy atom. The largest absolute Gasteiger partial charge is 0.372 e. The van der Waals surface area contributed by atoms with Crippen LogP contribution in [0.5, 0.6) is 0 Å². The number of nitrogens with zero attached hydrogens (tertiary/aromatic N) is 1. The Balaban J connectivity index is 2.79. The van der Waals surface area contributed by atoms with Gasteiger partial charge < -0.3 is 4.74 Å². The van der Waals surface area contributed by atoms with E-state index < -0.39 is 0 Å². The fourth-order valence-electron chi connectivity index (χ4n) is 2.90. The lowest BCUT2D eigenvalue weighted by molar-refractivity contribution is -0.143. The molecule has 1 rings (SSSR count). The molecule has 0 atom stereocenters. The van der Waals surface area contributed by atoms with Crippen LogP contribution in [0.15, 0.2) is 0 Å². The zero-order valence-electron chi connectivity index (χ0n) is 13.1. The monoisotopic (exact) mass is 241 g/mol. The summed E-state index contributed by atoms with van der Waals surface area (Å²) in [5.74, 6) is 0. The van der Waals surface area contributed by atoms with Crippen LogP contribution >= 0.6 is 0 Å². The minimum absolute atomic E-state index is 0.00668. The van der Waals surface area contributed by atoms with Gasteiger partial charge in [-0.1, -0.05) is 6.92 Å². The van der Waals surface area contributed by atoms with E-state index in [2.05, 4.69) is 60.4 Å². The molecule has 1 heterocycles. The lowest BCUT2D eigenvalue weighted by atomic mass is 9.78. The highest BCUT2D eigenvalue weighted by Gasteiger charge is 2.44. The third-order valence-corrected chi connectivity index (χ3v) is 4.61. The summed E-state index contributed by atoms with van der Waals surface area (Å²) < 4.78 is 6.32. The Labute approximate surface area is 108 Å². The molecule has 17 heavy (non-hydrogen) atoms. The van der Waals surface area contributed by atoms with Gasteiger partial charge in [0.15, 0.2) is 0 Å². The molecule has 1 aliphatic rings. The average Bonchev–Trinajstić information content (AvgIpc) is 2.12. The molecule has 0 aromatic rings. The highest BCUT2D eigenvalue weighted by molar-refractivity contribution is 4.99. The van der Waals surface area contributed by atoms with E-state index in [1.807, 2.05) is 0 Å². The van der Waals surface area contributed by atoms with Gasteiger partial charge in [0.1, 0.15) is 0 Å². The van der Waals surface area contributed by atoms with Crippen molar-refractivity contribution in [2.45, 2.75) is 90.5 Å². The maximum atomic E-state index is 6.32. The van der Waals surface area contributed by atoms with Crippen molar-refractivity contribution in [2.75, 3.05) is 7.05 Å². The van der Waals surface area contributed by atoms with Crippen LogP contribution in [0.3, 0.4) is 0 Å². The number of rotatable bonds is 3. The fraction of sp³-hybridized carbons (Fsp3) is 1.00. The molecule has 1 aliphatic heterocycles. The maximum Gasteiger partial charge on any atom is 0.0627 e. The van der Waals surface area contributed by atoms with E-state index in [-0.39, 0.29) is 16.7 Å². The van der Waals surface area contributed by atoms with Crippen molar-refractivity contribution in [2.24, 2.45) is 0 Å². The van der Waals surface area contributed by atoms with E-state index in [0.717, 1.165) is 19.3 Å². The second-order valence-electron chi connectivity index (χ2n) is 7.45. The minimum Gasteiger partial charge on any atom is -0.372 e. The molecule has 0 N–H and O–H groups in total. The van der Waals surface area contributed by atoms with Crippen LogP contribution in [0.2, 0.25) is 0 Å². The first kappa shape index (κ1) is 15.0. The Morgan fingerprint density at radius 1 is 1.12 bits per heavy atom. The second-order valence-corrected chi connectivity index (χ2v) is 7.45. The van der Waals surface area contributed by atoms with Gasteiger partial charge in [-0.25, -0.2) is 0 Å². The van der Waals surface area contributed by atoms with E-state index in [4.69, 9.17) is 4.74 Å². The average molecular weight is 241 g/mol. The smallest absolute Gasteiger partial charge is 0.0627 e. The molecule has 0 spiro atoms. The summed E-state index contributed by atoms with van der Waals surface area (Å²) in [7, 11) is 2.24. The van der Waals surface area contributed by atoms with Gasteiger partial charge in [0.2, 0.25) is 0 Å². The molecule has 2 nitrogen and oxygen atoms in total. The van der Waals surface area contributed by atoms with Crippen LogP contribution in [-0.4, -0.2) is 34.7 Å². The molecular weight excluding hydrogens is 210 g/mol. The molecule has 1 saturated heterocycles. The molecule has 0 saturated carbocycles. The van der Waals surface area contributed by atoms with Crippen molar-refractivity contribution in [3.63, 3.8) is 0 Å². The molecule has 0 aliphatic carbocycles. The summed E-state index contributed by atoms with van der Waals surface area (Å²) in [6, 6.07) is 0. The summed E-state index contributed by atoms with van der Waals surface area (Å²) in [6.45, 7) is 15.9. The van der Waals surface area contributed by atoms with Gasteiger partial charge in [0.05, 0.1) is 11.7 Å². The van der Waals surface area contributed by atoms with Gasteiger partial charge in [-0.05, 0) is 67.9 Å². The number of ether oxygens (including phenoxy) is 1. The van der Waals surface area contributed by atoms with Gasteiger partial charge in [-0.2, -0.15) is 0 Å². The summed E-state index contributed by atoms with van der Waals surface area (Å²) in [5.41, 5.74) is 0.444. The van der Waals surface area contributed by atoms with Gasteiger partial charge in [-0.15, -0.1) is 0 Å². The maximum absolute atomic E-state index is 6.32. The van der Waals surface area contributed by atoms with Gasteiger partial charge in [-0.3, -0.25) is 4.90 Å². The van der Waals surface area contributed by atoms with Crippen molar-refractivity contribution in [1.82, 2.24) is 4.90 Å². The van der Waals surface area contributed by atoms with Gasteiger partial charge in [0, 0.05) is 11.1 Å². The van der Waals surface area contributed by atoms with Crippen molar-refractivity contribution in [1.29, 1.82) is 0 Å². The first-order chi connectivity index (χ1) is 7.50. The van der Waals surface area contributed by atoms with Crippen LogP contribution in [-0.2, 0) is 4.74 Å². The molecule has 0 unspecified atom stereocenters. The number of hydrogen-bond acceptors (Lipinski definition) is 2. The number of likely N-dealkylation sites (tertiary alicyclic amines) is 1. The van der Waals surface area contributed by atoms with E-state index in [9.17, 15) is 0 Å². The standard InChI is InChI=1S/C15H31NO/c1-9-15(6,7)17-12-10-13(2,3)16(8)14(4,5)11-12/h12H,9-11H2,1-8H3. The SMILES string of the molecule is CCC(C)(C)OC1CC(C)(C)N(C)C(C)(C)C1. The second kappa shape index (κ2) is 4.55. The fourth-order valence-corrected chi connectivity index (χ4v) is 2.90. The third-order valence-electron chi connectivity index (χ3n) is 4.61. The van der Waals surface area contributed by atoms with Crippen LogP contribution in [0.25, 0.3) is 0 Å². The van der Waals surface area contributed by atoms with Crippen molar-refractivity contribution in [3.05, 3.63) is 0 Å². The molecule has 0 amide bonds. The predicted molar refractivity (Wildman–Crippen MR) is 74.4 cm³/mol. The predicted octanol–water partition coefficient (Wildman–Crippen LogP) is 3.84. The number of piperidine rings is 1. The molecular formula is C15H31NO. The molecule has 0 radical (unpaired) electrons. The lowest BCUT2D eigenvalue weighted by Crippen LogP contribution is -2.60. The molecule has 0 bridgehead atoms. The molecule has 102 valence electrons. The Hall–Kier alpha value is -0.0800. The van der Waals surface area contributed by atoms with Crippen LogP contribution in [0.1, 0.15) is 67.7 Å². The Kier molecular flexibility index (Phi) is 4.01. The zero-order chi connectivity index (χ0) is 13.5. The quantitative estimate of drug-likeness (QED) is 0.744. The van der Waals surface area contributed by atoms with Gasteiger partial charge in [0.25, 0.3) is 0 Å². The summed E-state index contributed by atoms with van der Waals surface area (Å²) in [6.07, 6.45) is 3.69. The number of hydrogen-bond donors (Lipinski definition) is 0. The minimum atomic E-state index is 0.00668.